The van der Waals surface area contributed by atoms with E-state index in [1.807, 2.05) is 0 Å². The van der Waals surface area contributed by atoms with Crippen molar-refractivity contribution in [3.63, 3.8) is 0 Å². The van der Waals surface area contributed by atoms with Gasteiger partial charge in [0.25, 0.3) is 5.91 Å². The molecular weight excluding hydrogens is 494 g/mol. The highest BCUT2D eigenvalue weighted by Gasteiger charge is 2.65. The van der Waals surface area contributed by atoms with Crippen LogP contribution in [0.1, 0.15) is 35.4 Å². The lowest BCUT2D eigenvalue weighted by molar-refractivity contribution is -0.189. The fourth-order valence-electron chi connectivity index (χ4n) is 4.04. The van der Waals surface area contributed by atoms with E-state index in [2.05, 4.69) is 4.98 Å². The molecule has 0 bridgehead atoms. The number of alkyl halides is 6. The van der Waals surface area contributed by atoms with Crippen LogP contribution in [0.15, 0.2) is 33.7 Å². The molecule has 2 heterocycles. The van der Waals surface area contributed by atoms with Gasteiger partial charge in [-0.25, -0.2) is 13.4 Å². The Kier molecular flexibility index (Phi) is 5.46. The zero-order valence-corrected chi connectivity index (χ0v) is 18.5. The monoisotopic (exact) mass is 512 g/mol. The Balaban J connectivity index is 1.63. The number of piperidine rings is 1. The van der Waals surface area contributed by atoms with E-state index in [4.69, 9.17) is 9.15 Å². The summed E-state index contributed by atoms with van der Waals surface area (Å²) in [5, 5.41) is 0. The predicted octanol–water partition coefficient (Wildman–Crippen LogP) is 3.84. The van der Waals surface area contributed by atoms with E-state index in [-0.39, 0.29) is 29.8 Å². The molecule has 4 rings (SSSR count). The van der Waals surface area contributed by atoms with Crippen LogP contribution in [0.4, 0.5) is 26.3 Å². The highest BCUT2D eigenvalue weighted by Crippen LogP contribution is 2.59. The number of rotatable bonds is 5. The molecule has 1 amide bonds. The first-order valence-corrected chi connectivity index (χ1v) is 11.8. The lowest BCUT2D eigenvalue weighted by atomic mass is 10.1. The third-order valence-electron chi connectivity index (χ3n) is 6.02. The molecule has 3 atom stereocenters. The maximum absolute atomic E-state index is 13.2. The lowest BCUT2D eigenvalue weighted by Gasteiger charge is -2.24. The number of carbonyl (C=O) groups excluding carboxylic acids is 1. The Morgan fingerprint density at radius 1 is 1.26 bits per heavy atom. The molecule has 0 radical (unpaired) electrons. The Bertz CT molecular complexity index is 1240. The van der Waals surface area contributed by atoms with E-state index < -0.39 is 56.7 Å². The summed E-state index contributed by atoms with van der Waals surface area (Å²) in [6.45, 7) is 0.727. The van der Waals surface area contributed by atoms with Gasteiger partial charge in [-0.3, -0.25) is 4.79 Å². The van der Waals surface area contributed by atoms with E-state index in [0.717, 1.165) is 31.4 Å². The molecule has 14 heteroatoms. The number of amides is 1. The van der Waals surface area contributed by atoms with Gasteiger partial charge in [-0.15, -0.1) is 0 Å². The first-order chi connectivity index (χ1) is 15.5. The van der Waals surface area contributed by atoms with E-state index in [1.165, 1.54) is 4.90 Å². The highest BCUT2D eigenvalue weighted by molar-refractivity contribution is 7.90. The molecule has 34 heavy (non-hydrogen) atoms. The van der Waals surface area contributed by atoms with Crippen LogP contribution >= 0.6 is 0 Å². The molecule has 1 saturated carbocycles. The molecule has 1 saturated heterocycles. The van der Waals surface area contributed by atoms with Gasteiger partial charge in [0, 0.05) is 19.3 Å². The zero-order valence-electron chi connectivity index (χ0n) is 17.7. The van der Waals surface area contributed by atoms with E-state index in [1.54, 1.807) is 0 Å². The summed E-state index contributed by atoms with van der Waals surface area (Å²) in [5.41, 5.74) is -1.34. The SMILES string of the molecule is C[C@@H](Oc1ccc(S(C)(=O)=O)cc1C(=O)N1CC2CC2(c2ncc(C(F)(F)F)o2)C1)C(F)(F)F. The van der Waals surface area contributed by atoms with Gasteiger partial charge in [0.15, 0.2) is 15.9 Å². The van der Waals surface area contributed by atoms with Crippen molar-refractivity contribution in [3.05, 3.63) is 41.6 Å². The van der Waals surface area contributed by atoms with E-state index in [9.17, 15) is 39.6 Å². The Morgan fingerprint density at radius 3 is 2.50 bits per heavy atom. The van der Waals surface area contributed by atoms with Crippen LogP contribution in [0.2, 0.25) is 0 Å². The maximum atomic E-state index is 13.2. The number of hydrogen-bond donors (Lipinski definition) is 0. The number of carbonyl (C=O) groups is 1. The number of halogens is 6. The van der Waals surface area contributed by atoms with Crippen molar-refractivity contribution in [2.75, 3.05) is 19.3 Å². The standard InChI is InChI=1S/C20H18F6N2O5S/c1-10(19(21,22)23)32-14-4-3-12(34(2,30)31)5-13(14)16(29)28-8-11-6-18(11,9-28)17-27-7-15(33-17)20(24,25)26/h3-5,7,10-11H,6,8-9H2,1-2H3/t10-,11?,18?/m1/s1. The van der Waals surface area contributed by atoms with Crippen molar-refractivity contribution < 1.29 is 48.7 Å². The minimum atomic E-state index is -4.74. The lowest BCUT2D eigenvalue weighted by Crippen LogP contribution is -2.35. The van der Waals surface area contributed by atoms with Gasteiger partial charge in [0.2, 0.25) is 11.7 Å². The summed E-state index contributed by atoms with van der Waals surface area (Å²) in [7, 11) is -3.80. The molecule has 2 fully saturated rings. The van der Waals surface area contributed by atoms with Crippen LogP contribution in [0, 0.1) is 5.92 Å². The molecule has 2 aliphatic rings. The molecule has 1 aromatic heterocycles. The second kappa shape index (κ2) is 7.62. The normalized spacial score (nSPS) is 23.5. The second-order valence-corrected chi connectivity index (χ2v) is 10.5. The zero-order chi connectivity index (χ0) is 25.3. The van der Waals surface area contributed by atoms with Gasteiger partial charge in [-0.2, -0.15) is 26.3 Å². The summed E-state index contributed by atoms with van der Waals surface area (Å²) in [5.74, 6) is -2.98. The van der Waals surface area contributed by atoms with Crippen LogP contribution in [-0.4, -0.2) is 55.8 Å². The average Bonchev–Trinajstić information content (AvgIpc) is 3.07. The Morgan fingerprint density at radius 2 is 1.94 bits per heavy atom. The van der Waals surface area contributed by atoms with Crippen molar-refractivity contribution in [2.45, 2.75) is 42.1 Å². The highest BCUT2D eigenvalue weighted by atomic mass is 32.2. The fraction of sp³-hybridized carbons (Fsp3) is 0.500. The molecule has 1 aliphatic heterocycles. The molecule has 2 unspecified atom stereocenters. The molecule has 1 aliphatic carbocycles. The van der Waals surface area contributed by atoms with Crippen LogP contribution in [0.5, 0.6) is 5.75 Å². The summed E-state index contributed by atoms with van der Waals surface area (Å²) in [4.78, 5) is 17.9. The van der Waals surface area contributed by atoms with Crippen LogP contribution in [0.3, 0.4) is 0 Å². The summed E-state index contributed by atoms with van der Waals surface area (Å²) < 4.78 is 111. The summed E-state index contributed by atoms with van der Waals surface area (Å²) >= 11 is 0. The van der Waals surface area contributed by atoms with Crippen molar-refractivity contribution in [1.82, 2.24) is 9.88 Å². The topological polar surface area (TPSA) is 89.7 Å². The maximum Gasteiger partial charge on any atom is 0.451 e. The molecule has 1 aromatic carbocycles. The van der Waals surface area contributed by atoms with Gasteiger partial charge in [-0.1, -0.05) is 0 Å². The molecule has 0 spiro atoms. The molecule has 2 aromatic rings. The minimum Gasteiger partial charge on any atom is -0.480 e. The Hall–Kier alpha value is -2.77. The number of ether oxygens (including phenoxy) is 1. The third-order valence-corrected chi connectivity index (χ3v) is 7.13. The first kappa shape index (κ1) is 24.4. The van der Waals surface area contributed by atoms with Crippen LogP contribution in [0.25, 0.3) is 0 Å². The molecule has 0 N–H and O–H groups in total. The largest absolute Gasteiger partial charge is 0.480 e. The van der Waals surface area contributed by atoms with Crippen molar-refractivity contribution in [3.8, 4) is 5.75 Å². The van der Waals surface area contributed by atoms with Gasteiger partial charge >= 0.3 is 12.4 Å². The smallest absolute Gasteiger partial charge is 0.451 e. The number of benzene rings is 1. The van der Waals surface area contributed by atoms with Crippen molar-refractivity contribution in [1.29, 1.82) is 0 Å². The number of likely N-dealkylation sites (tertiary alicyclic amines) is 1. The quantitative estimate of drug-likeness (QED) is 0.566. The molecule has 7 nitrogen and oxygen atoms in total. The number of fused-ring (bicyclic) bond motifs is 1. The predicted molar refractivity (Wildman–Crippen MR) is 103 cm³/mol. The number of hydrogen-bond acceptors (Lipinski definition) is 6. The van der Waals surface area contributed by atoms with Gasteiger partial charge in [0.05, 0.1) is 22.1 Å². The van der Waals surface area contributed by atoms with E-state index in [0.29, 0.717) is 12.6 Å². The minimum absolute atomic E-state index is 0.0833. The molecular formula is C20H18F6N2O5S. The van der Waals surface area contributed by atoms with Gasteiger partial charge in [0.1, 0.15) is 5.75 Å². The van der Waals surface area contributed by atoms with E-state index >= 15 is 0 Å². The summed E-state index contributed by atoms with van der Waals surface area (Å²) in [6.07, 6.45) is -9.90. The number of sulfone groups is 1. The molecule has 186 valence electrons. The van der Waals surface area contributed by atoms with Crippen molar-refractivity contribution >= 4 is 15.7 Å². The number of nitrogens with zero attached hydrogens (tertiary/aromatic N) is 2. The third kappa shape index (κ3) is 4.34. The first-order valence-electron chi connectivity index (χ1n) is 9.92. The van der Waals surface area contributed by atoms with Crippen LogP contribution < -0.4 is 4.74 Å². The summed E-state index contributed by atoms with van der Waals surface area (Å²) in [6, 6.07) is 2.93. The van der Waals surface area contributed by atoms with Gasteiger partial charge < -0.3 is 14.1 Å². The number of aromatic nitrogens is 1. The van der Waals surface area contributed by atoms with Crippen molar-refractivity contribution in [2.24, 2.45) is 5.92 Å². The Labute approximate surface area is 189 Å². The second-order valence-electron chi connectivity index (χ2n) is 8.50. The fourth-order valence-corrected chi connectivity index (χ4v) is 4.69. The number of oxazole rings is 1. The van der Waals surface area contributed by atoms with Crippen LogP contribution in [-0.2, 0) is 21.4 Å². The average molecular weight is 512 g/mol. The van der Waals surface area contributed by atoms with Gasteiger partial charge in [-0.05, 0) is 37.5 Å².